The number of carbonyl (C=O) groups is 3. The molecular formula is C32H42ClFN4O4. The maximum absolute atomic E-state index is 14.3. The number of nitrogens with one attached hydrogen (secondary N) is 2. The van der Waals surface area contributed by atoms with E-state index in [1.807, 2.05) is 12.2 Å². The highest BCUT2D eigenvalue weighted by Gasteiger charge is 2.72. The van der Waals surface area contributed by atoms with Gasteiger partial charge in [0.25, 0.3) is 0 Å². The molecule has 0 aromatic heterocycles. The van der Waals surface area contributed by atoms with Gasteiger partial charge < -0.3 is 25.2 Å². The normalized spacial score (nSPS) is 36.1. The largest absolute Gasteiger partial charge is 0.359 e. The fraction of sp³-hybridized carbons (Fsp3) is 0.656. The molecule has 2 bridgehead atoms. The first-order valence-corrected chi connectivity index (χ1v) is 16.0. The predicted molar refractivity (Wildman–Crippen MR) is 158 cm³/mol. The number of likely N-dealkylation sites (tertiary alicyclic amines) is 2. The maximum atomic E-state index is 14.3. The number of ether oxygens (including phenoxy) is 1. The smallest absolute Gasteiger partial charge is 0.246 e. The number of fused-ring (bicyclic) bond motifs is 1. The molecule has 0 radical (unpaired) electrons. The van der Waals surface area contributed by atoms with E-state index in [1.165, 1.54) is 31.0 Å². The molecule has 2 N–H and O–H groups in total. The van der Waals surface area contributed by atoms with E-state index in [0.717, 1.165) is 45.2 Å². The van der Waals surface area contributed by atoms with Crippen molar-refractivity contribution in [1.82, 2.24) is 15.1 Å². The molecule has 5 aliphatic rings. The Hall–Kier alpha value is -2.49. The van der Waals surface area contributed by atoms with Gasteiger partial charge in [0, 0.05) is 24.8 Å². The van der Waals surface area contributed by atoms with Gasteiger partial charge in [0.2, 0.25) is 17.7 Å². The summed E-state index contributed by atoms with van der Waals surface area (Å²) in [6.07, 6.45) is 10.8. The molecule has 1 spiro atoms. The second kappa shape index (κ2) is 11.9. The predicted octanol–water partition coefficient (Wildman–Crippen LogP) is 4.39. The summed E-state index contributed by atoms with van der Waals surface area (Å²) >= 11 is 5.94. The van der Waals surface area contributed by atoms with Crippen LogP contribution in [0.4, 0.5) is 10.1 Å². The van der Waals surface area contributed by atoms with E-state index in [2.05, 4.69) is 29.4 Å². The Kier molecular flexibility index (Phi) is 8.37. The number of halogens is 2. The summed E-state index contributed by atoms with van der Waals surface area (Å²) in [6, 6.07) is 3.15. The van der Waals surface area contributed by atoms with Gasteiger partial charge in [-0.25, -0.2) is 4.39 Å². The molecule has 1 aromatic carbocycles. The molecule has 3 saturated heterocycles. The number of benzene rings is 1. The fourth-order valence-electron chi connectivity index (χ4n) is 7.96. The van der Waals surface area contributed by atoms with Crippen LogP contribution in [0.5, 0.6) is 0 Å². The average molecular weight is 601 g/mol. The van der Waals surface area contributed by atoms with E-state index in [1.54, 1.807) is 4.90 Å². The van der Waals surface area contributed by atoms with Gasteiger partial charge in [-0.2, -0.15) is 0 Å². The van der Waals surface area contributed by atoms with E-state index < -0.39 is 41.3 Å². The zero-order valence-corrected chi connectivity index (χ0v) is 25.2. The number of hydrogen-bond donors (Lipinski definition) is 2. The molecule has 1 saturated carbocycles. The van der Waals surface area contributed by atoms with E-state index in [4.69, 9.17) is 16.3 Å². The SMILES string of the molecule is C[C@@H]1[C@H](C)CCC[C@@H]1NC(=O)[C@@H]1N(CCN2CCCCCC2)C(=O)[C@@H]2[C@H](C(=O)Nc3ccc(F)c(Cl)c3)[C@@H]3C=C[C@]21O3. The lowest BCUT2D eigenvalue weighted by Crippen LogP contribution is -2.58. The Morgan fingerprint density at radius 1 is 1.07 bits per heavy atom. The number of carbonyl (C=O) groups excluding carboxylic acids is 3. The highest BCUT2D eigenvalue weighted by atomic mass is 35.5. The van der Waals surface area contributed by atoms with Crippen LogP contribution in [0.15, 0.2) is 30.4 Å². The van der Waals surface area contributed by atoms with Crippen LogP contribution in [0, 0.1) is 29.5 Å². The van der Waals surface area contributed by atoms with E-state index >= 15 is 0 Å². The quantitative estimate of drug-likeness (QED) is 0.453. The minimum Gasteiger partial charge on any atom is -0.359 e. The molecule has 1 aromatic rings. The molecule has 1 aliphatic carbocycles. The van der Waals surface area contributed by atoms with E-state index in [9.17, 15) is 18.8 Å². The third-order valence-electron chi connectivity index (χ3n) is 10.5. The molecule has 8 atom stereocenters. The first kappa shape index (κ1) is 29.6. The van der Waals surface area contributed by atoms with Crippen LogP contribution in [0.3, 0.4) is 0 Å². The summed E-state index contributed by atoms with van der Waals surface area (Å²) in [7, 11) is 0. The molecule has 228 valence electrons. The Morgan fingerprint density at radius 3 is 2.57 bits per heavy atom. The third-order valence-corrected chi connectivity index (χ3v) is 10.8. The summed E-state index contributed by atoms with van der Waals surface area (Å²) in [6.45, 7) is 7.45. The fourth-order valence-corrected chi connectivity index (χ4v) is 8.14. The van der Waals surface area contributed by atoms with Gasteiger partial charge in [0.05, 0.1) is 23.0 Å². The highest BCUT2D eigenvalue weighted by molar-refractivity contribution is 6.31. The van der Waals surface area contributed by atoms with Crippen LogP contribution in [0.25, 0.3) is 0 Å². The van der Waals surface area contributed by atoms with Crippen molar-refractivity contribution in [2.24, 2.45) is 23.7 Å². The summed E-state index contributed by atoms with van der Waals surface area (Å²) < 4.78 is 20.2. The molecule has 4 aliphatic heterocycles. The van der Waals surface area contributed by atoms with Gasteiger partial charge in [-0.1, -0.05) is 63.3 Å². The van der Waals surface area contributed by atoms with Gasteiger partial charge >= 0.3 is 0 Å². The second-order valence-electron chi connectivity index (χ2n) is 13.0. The van der Waals surface area contributed by atoms with Gasteiger partial charge in [-0.15, -0.1) is 0 Å². The minimum absolute atomic E-state index is 0.0316. The molecule has 0 unspecified atom stereocenters. The van der Waals surface area contributed by atoms with Crippen molar-refractivity contribution in [3.8, 4) is 0 Å². The van der Waals surface area contributed by atoms with Gasteiger partial charge in [0.1, 0.15) is 17.5 Å². The van der Waals surface area contributed by atoms with E-state index in [0.29, 0.717) is 30.6 Å². The van der Waals surface area contributed by atoms with Crippen molar-refractivity contribution in [1.29, 1.82) is 0 Å². The zero-order chi connectivity index (χ0) is 29.6. The second-order valence-corrected chi connectivity index (χ2v) is 13.4. The van der Waals surface area contributed by atoms with Crippen LogP contribution in [0.2, 0.25) is 5.02 Å². The lowest BCUT2D eigenvalue weighted by Gasteiger charge is -2.38. The Balaban J connectivity index is 1.27. The Morgan fingerprint density at radius 2 is 1.83 bits per heavy atom. The summed E-state index contributed by atoms with van der Waals surface area (Å²) in [4.78, 5) is 46.2. The van der Waals surface area contributed by atoms with Gasteiger partial charge in [0.15, 0.2) is 0 Å². The van der Waals surface area contributed by atoms with Crippen LogP contribution >= 0.6 is 11.6 Å². The van der Waals surface area contributed by atoms with Crippen molar-refractivity contribution in [2.45, 2.75) is 82.6 Å². The Bertz CT molecular complexity index is 1250. The zero-order valence-electron chi connectivity index (χ0n) is 24.5. The summed E-state index contributed by atoms with van der Waals surface area (Å²) in [5.74, 6) is -2.23. The maximum Gasteiger partial charge on any atom is 0.246 e. The number of rotatable bonds is 7. The summed E-state index contributed by atoms with van der Waals surface area (Å²) in [5.41, 5.74) is -0.873. The number of hydrogen-bond acceptors (Lipinski definition) is 5. The number of amides is 3. The molecule has 10 heteroatoms. The first-order valence-electron chi connectivity index (χ1n) is 15.7. The van der Waals surface area contributed by atoms with Gasteiger partial charge in [-0.3, -0.25) is 14.4 Å². The van der Waals surface area contributed by atoms with Crippen LogP contribution in [-0.2, 0) is 19.1 Å². The van der Waals surface area contributed by atoms with Crippen molar-refractivity contribution in [3.05, 3.63) is 41.2 Å². The molecule has 4 fully saturated rings. The lowest BCUT2D eigenvalue weighted by atomic mass is 9.73. The van der Waals surface area contributed by atoms with Crippen molar-refractivity contribution < 1.29 is 23.5 Å². The van der Waals surface area contributed by atoms with Crippen LogP contribution in [0.1, 0.15) is 58.8 Å². The molecule has 42 heavy (non-hydrogen) atoms. The third kappa shape index (κ3) is 5.26. The van der Waals surface area contributed by atoms with Crippen molar-refractivity contribution in [2.75, 3.05) is 31.5 Å². The topological polar surface area (TPSA) is 91.0 Å². The standard InChI is InChI=1S/C32H42ClFN4O4/c1-19-8-7-9-24(20(19)2)36-30(40)28-32-13-12-25(42-32)26(29(39)35-21-10-11-23(34)22(33)18-21)27(32)31(41)38(28)17-16-37-14-5-3-4-6-15-37/h10-13,18-20,24-28H,3-9,14-17H2,1-2H3,(H,35,39)(H,36,40)/t19-,20-,24+,25+,26-,27+,28+,32+/m1/s1. The van der Waals surface area contributed by atoms with Crippen LogP contribution < -0.4 is 10.6 Å². The highest BCUT2D eigenvalue weighted by Crippen LogP contribution is 2.55. The molecular weight excluding hydrogens is 559 g/mol. The molecule has 3 amide bonds. The van der Waals surface area contributed by atoms with Crippen molar-refractivity contribution in [3.63, 3.8) is 0 Å². The number of anilines is 1. The van der Waals surface area contributed by atoms with Crippen LogP contribution in [-0.4, -0.2) is 77.5 Å². The minimum atomic E-state index is -1.21. The molecule has 4 heterocycles. The Labute approximate surface area is 252 Å². The van der Waals surface area contributed by atoms with Gasteiger partial charge in [-0.05, 0) is 62.4 Å². The van der Waals surface area contributed by atoms with Crippen molar-refractivity contribution >= 4 is 35.0 Å². The average Bonchev–Trinajstić information content (AvgIpc) is 3.51. The first-order chi connectivity index (χ1) is 20.2. The molecule has 8 nitrogen and oxygen atoms in total. The summed E-state index contributed by atoms with van der Waals surface area (Å²) in [5, 5.41) is 6.02. The molecule has 6 rings (SSSR count). The number of nitrogens with zero attached hydrogens (tertiary/aromatic N) is 2. The monoisotopic (exact) mass is 600 g/mol. The van der Waals surface area contributed by atoms with E-state index in [-0.39, 0.29) is 22.9 Å². The lowest BCUT2D eigenvalue weighted by molar-refractivity contribution is -0.141.